The van der Waals surface area contributed by atoms with Gasteiger partial charge in [0.2, 0.25) is 11.8 Å². The molecule has 0 aliphatic heterocycles. The van der Waals surface area contributed by atoms with Crippen molar-refractivity contribution in [1.29, 1.82) is 0 Å². The Hall–Kier alpha value is -4.20. The summed E-state index contributed by atoms with van der Waals surface area (Å²) < 4.78 is 8.82. The van der Waals surface area contributed by atoms with Gasteiger partial charge in [0, 0.05) is 12.7 Å². The quantitative estimate of drug-likeness (QED) is 0.488. The number of fused-ring (bicyclic) bond motifs is 4. The fourth-order valence-corrected chi connectivity index (χ4v) is 3.82. The van der Waals surface area contributed by atoms with Crippen LogP contribution in [0, 0.1) is 0 Å². The number of benzene rings is 2. The molecule has 2 N–H and O–H groups in total. The third-order valence-electron chi connectivity index (χ3n) is 5.26. The van der Waals surface area contributed by atoms with Crippen molar-refractivity contribution in [2.75, 3.05) is 5.73 Å². The second-order valence-electron chi connectivity index (χ2n) is 7.14. The Morgan fingerprint density at radius 2 is 1.80 bits per heavy atom. The number of aryl methyl sites for hydroxylation is 2. The van der Waals surface area contributed by atoms with Gasteiger partial charge in [-0.15, -0.1) is 5.10 Å². The van der Waals surface area contributed by atoms with Gasteiger partial charge in [0.15, 0.2) is 17.1 Å². The summed E-state index contributed by atoms with van der Waals surface area (Å²) in [7, 11) is 0. The van der Waals surface area contributed by atoms with Crippen LogP contribution >= 0.6 is 0 Å². The van der Waals surface area contributed by atoms with E-state index in [-0.39, 0.29) is 5.95 Å². The van der Waals surface area contributed by atoms with Crippen molar-refractivity contribution in [3.63, 3.8) is 0 Å². The molecule has 0 saturated heterocycles. The summed E-state index contributed by atoms with van der Waals surface area (Å²) in [6.07, 6.45) is 4.39. The fourth-order valence-electron chi connectivity index (χ4n) is 3.82. The molecule has 0 unspecified atom stereocenters. The third-order valence-corrected chi connectivity index (χ3v) is 5.26. The molecular formula is C22H17N7O. The highest BCUT2D eigenvalue weighted by Crippen LogP contribution is 2.24. The molecule has 6 aromatic rings. The van der Waals surface area contributed by atoms with Gasteiger partial charge in [-0.3, -0.25) is 4.68 Å². The van der Waals surface area contributed by atoms with E-state index < -0.39 is 0 Å². The van der Waals surface area contributed by atoms with Crippen LogP contribution in [0.25, 0.3) is 39.0 Å². The zero-order valence-electron chi connectivity index (χ0n) is 15.9. The van der Waals surface area contributed by atoms with E-state index in [1.54, 1.807) is 12.3 Å². The number of anilines is 1. The van der Waals surface area contributed by atoms with Crippen molar-refractivity contribution in [2.45, 2.75) is 13.0 Å². The second kappa shape index (κ2) is 6.41. The monoisotopic (exact) mass is 395 g/mol. The molecule has 0 atom stereocenters. The van der Waals surface area contributed by atoms with Gasteiger partial charge in [-0.05, 0) is 34.9 Å². The number of furan rings is 1. The maximum absolute atomic E-state index is 6.10. The molecule has 0 aliphatic carbocycles. The summed E-state index contributed by atoms with van der Waals surface area (Å²) in [5.41, 5.74) is 8.54. The summed E-state index contributed by atoms with van der Waals surface area (Å²) >= 11 is 0. The largest absolute Gasteiger partial charge is 0.461 e. The minimum absolute atomic E-state index is 0.238. The zero-order valence-corrected chi connectivity index (χ0v) is 15.9. The van der Waals surface area contributed by atoms with Gasteiger partial charge in [-0.1, -0.05) is 42.5 Å². The molecule has 0 amide bonds. The van der Waals surface area contributed by atoms with E-state index in [0.29, 0.717) is 22.9 Å². The zero-order chi connectivity index (χ0) is 20.1. The highest BCUT2D eigenvalue weighted by molar-refractivity contribution is 5.90. The topological polar surface area (TPSA) is 100 Å². The average Bonchev–Trinajstić information content (AvgIpc) is 3.50. The summed E-state index contributed by atoms with van der Waals surface area (Å²) in [6, 6.07) is 18.4. The molecule has 0 radical (unpaired) electrons. The number of nitrogens with two attached hydrogens (primary N) is 1. The number of aromatic nitrogens is 6. The van der Waals surface area contributed by atoms with Gasteiger partial charge < -0.3 is 10.2 Å². The van der Waals surface area contributed by atoms with E-state index in [0.717, 1.165) is 18.4 Å². The molecule has 4 heterocycles. The van der Waals surface area contributed by atoms with Crippen molar-refractivity contribution in [2.24, 2.45) is 0 Å². The van der Waals surface area contributed by atoms with Crippen LogP contribution < -0.4 is 5.73 Å². The van der Waals surface area contributed by atoms with Crippen LogP contribution in [0.4, 0.5) is 5.95 Å². The van der Waals surface area contributed by atoms with Crippen LogP contribution in [-0.4, -0.2) is 29.4 Å². The Kier molecular flexibility index (Phi) is 3.58. The SMILES string of the molecule is Nc1nc2nn(CCc3cccc4ccccc34)cc2c2nc(-c3ccco3)nn12. The Bertz CT molecular complexity index is 1510. The number of nitrogens with zero attached hydrogens (tertiary/aromatic N) is 6. The van der Waals surface area contributed by atoms with Crippen LogP contribution in [0.2, 0.25) is 0 Å². The van der Waals surface area contributed by atoms with Crippen LogP contribution in [0.5, 0.6) is 0 Å². The maximum Gasteiger partial charge on any atom is 0.225 e. The molecule has 0 bridgehead atoms. The Labute approximate surface area is 170 Å². The summed E-state index contributed by atoms with van der Waals surface area (Å²) in [6.45, 7) is 0.718. The molecule has 2 aromatic carbocycles. The first kappa shape index (κ1) is 16.7. The van der Waals surface area contributed by atoms with Gasteiger partial charge in [0.25, 0.3) is 0 Å². The highest BCUT2D eigenvalue weighted by Gasteiger charge is 2.17. The minimum Gasteiger partial charge on any atom is -0.461 e. The average molecular weight is 395 g/mol. The number of rotatable bonds is 4. The lowest BCUT2D eigenvalue weighted by Crippen LogP contribution is -2.03. The van der Waals surface area contributed by atoms with E-state index in [1.165, 1.54) is 20.9 Å². The molecule has 0 spiro atoms. The number of hydrogen-bond donors (Lipinski definition) is 1. The lowest BCUT2D eigenvalue weighted by molar-refractivity contribution is 0.577. The van der Waals surface area contributed by atoms with Gasteiger partial charge in [0.1, 0.15) is 0 Å². The smallest absolute Gasteiger partial charge is 0.225 e. The predicted octanol–water partition coefficient (Wildman–Crippen LogP) is 3.71. The first-order valence-corrected chi connectivity index (χ1v) is 9.66. The molecule has 146 valence electrons. The number of nitrogen functional groups attached to an aromatic ring is 1. The van der Waals surface area contributed by atoms with E-state index in [9.17, 15) is 0 Å². The number of hydrogen-bond acceptors (Lipinski definition) is 6. The van der Waals surface area contributed by atoms with E-state index in [2.05, 4.69) is 62.6 Å². The van der Waals surface area contributed by atoms with Crippen molar-refractivity contribution < 1.29 is 4.42 Å². The minimum atomic E-state index is 0.238. The molecule has 8 heteroatoms. The second-order valence-corrected chi connectivity index (χ2v) is 7.14. The first-order chi connectivity index (χ1) is 14.8. The standard InChI is InChI=1S/C22H17N7O/c23-22-25-19-17(21-24-20(27-29(21)22)18-9-4-12-30-18)13-28(26-19)11-10-15-7-3-6-14-5-1-2-8-16(14)15/h1-9,12-13H,10-11H2,(H2,23,25,26). The lowest BCUT2D eigenvalue weighted by Gasteiger charge is -2.06. The van der Waals surface area contributed by atoms with Gasteiger partial charge in [-0.2, -0.15) is 14.6 Å². The molecule has 30 heavy (non-hydrogen) atoms. The van der Waals surface area contributed by atoms with Crippen LogP contribution in [0.3, 0.4) is 0 Å². The van der Waals surface area contributed by atoms with E-state index in [4.69, 9.17) is 10.2 Å². The van der Waals surface area contributed by atoms with Crippen LogP contribution in [-0.2, 0) is 13.0 Å². The molecule has 4 aromatic heterocycles. The van der Waals surface area contributed by atoms with Gasteiger partial charge in [0.05, 0.1) is 11.6 Å². The molecule has 0 aliphatic rings. The van der Waals surface area contributed by atoms with Crippen molar-refractivity contribution in [3.8, 4) is 11.6 Å². The predicted molar refractivity (Wildman–Crippen MR) is 114 cm³/mol. The van der Waals surface area contributed by atoms with E-state index >= 15 is 0 Å². The molecule has 0 saturated carbocycles. The lowest BCUT2D eigenvalue weighted by atomic mass is 10.0. The van der Waals surface area contributed by atoms with Crippen molar-refractivity contribution >= 4 is 33.4 Å². The summed E-state index contributed by atoms with van der Waals surface area (Å²) in [4.78, 5) is 9.00. The van der Waals surface area contributed by atoms with Gasteiger partial charge >= 0.3 is 0 Å². The van der Waals surface area contributed by atoms with Crippen molar-refractivity contribution in [1.82, 2.24) is 29.4 Å². The first-order valence-electron chi connectivity index (χ1n) is 9.66. The summed E-state index contributed by atoms with van der Waals surface area (Å²) in [5, 5.41) is 12.3. The van der Waals surface area contributed by atoms with E-state index in [1.807, 2.05) is 16.9 Å². The van der Waals surface area contributed by atoms with Crippen LogP contribution in [0.15, 0.2) is 71.5 Å². The normalized spacial score (nSPS) is 11.7. The Morgan fingerprint density at radius 1 is 0.900 bits per heavy atom. The fraction of sp³-hybridized carbons (Fsp3) is 0.0909. The summed E-state index contributed by atoms with van der Waals surface area (Å²) in [5.74, 6) is 1.28. The highest BCUT2D eigenvalue weighted by atomic mass is 16.3. The van der Waals surface area contributed by atoms with Crippen molar-refractivity contribution in [3.05, 3.63) is 72.6 Å². The third kappa shape index (κ3) is 2.61. The van der Waals surface area contributed by atoms with Crippen LogP contribution in [0.1, 0.15) is 5.56 Å². The Balaban J connectivity index is 1.38. The molecular weight excluding hydrogens is 378 g/mol. The molecule has 6 rings (SSSR count). The molecule has 0 fully saturated rings. The Morgan fingerprint density at radius 3 is 2.70 bits per heavy atom. The molecule has 8 nitrogen and oxygen atoms in total. The maximum atomic E-state index is 6.10. The van der Waals surface area contributed by atoms with Gasteiger partial charge in [-0.25, -0.2) is 4.98 Å².